The van der Waals surface area contributed by atoms with Crippen molar-refractivity contribution in [2.75, 3.05) is 13.6 Å². The van der Waals surface area contributed by atoms with Crippen molar-refractivity contribution in [3.63, 3.8) is 0 Å². The highest BCUT2D eigenvalue weighted by Gasteiger charge is 2.33. The summed E-state index contributed by atoms with van der Waals surface area (Å²) >= 11 is 0. The molecule has 1 fully saturated rings. The smallest absolute Gasteiger partial charge is 0.226 e. The van der Waals surface area contributed by atoms with Gasteiger partial charge in [0.15, 0.2) is 0 Å². The molecule has 3 heteroatoms. The molecule has 1 aliphatic carbocycles. The van der Waals surface area contributed by atoms with E-state index in [-0.39, 0.29) is 11.8 Å². The second-order valence-electron chi connectivity index (χ2n) is 6.16. The molecule has 0 saturated heterocycles. The Kier molecular flexibility index (Phi) is 4.81. The van der Waals surface area contributed by atoms with Crippen LogP contribution in [0.2, 0.25) is 0 Å². The summed E-state index contributed by atoms with van der Waals surface area (Å²) in [6.45, 7) is 5.53. The fourth-order valence-corrected chi connectivity index (χ4v) is 3.28. The van der Waals surface area contributed by atoms with Crippen LogP contribution in [0.3, 0.4) is 0 Å². The molecule has 2 unspecified atom stereocenters. The molecule has 0 aliphatic heterocycles. The predicted molar refractivity (Wildman–Crippen MR) is 82.3 cm³/mol. The third-order valence-corrected chi connectivity index (χ3v) is 4.56. The van der Waals surface area contributed by atoms with Crippen LogP contribution in [-0.2, 0) is 11.3 Å². The number of nitrogens with two attached hydrogens (primary N) is 1. The average molecular weight is 274 g/mol. The number of hydrogen-bond donors (Lipinski definition) is 1. The van der Waals surface area contributed by atoms with Crippen LogP contribution in [0.25, 0.3) is 0 Å². The quantitative estimate of drug-likeness (QED) is 0.917. The maximum Gasteiger partial charge on any atom is 0.226 e. The van der Waals surface area contributed by atoms with Gasteiger partial charge in [-0.1, -0.05) is 30.2 Å². The van der Waals surface area contributed by atoms with E-state index in [1.54, 1.807) is 0 Å². The van der Waals surface area contributed by atoms with E-state index in [2.05, 4.69) is 32.0 Å². The van der Waals surface area contributed by atoms with E-state index in [9.17, 15) is 4.79 Å². The first kappa shape index (κ1) is 15.0. The van der Waals surface area contributed by atoms with Gasteiger partial charge < -0.3 is 10.6 Å². The Labute approximate surface area is 122 Å². The number of amides is 1. The molecular weight excluding hydrogens is 248 g/mol. The highest BCUT2D eigenvalue weighted by molar-refractivity contribution is 5.79. The Balaban J connectivity index is 2.04. The van der Waals surface area contributed by atoms with Crippen LogP contribution in [-0.4, -0.2) is 24.4 Å². The number of nitrogens with zero attached hydrogens (tertiary/aromatic N) is 1. The first-order chi connectivity index (χ1) is 9.52. The van der Waals surface area contributed by atoms with Crippen LogP contribution >= 0.6 is 0 Å². The minimum atomic E-state index is 0.135. The molecule has 2 rings (SSSR count). The largest absolute Gasteiger partial charge is 0.341 e. The lowest BCUT2D eigenvalue weighted by Crippen LogP contribution is -2.36. The van der Waals surface area contributed by atoms with E-state index in [0.717, 1.165) is 19.3 Å². The van der Waals surface area contributed by atoms with E-state index in [0.29, 0.717) is 19.0 Å². The molecule has 1 aromatic carbocycles. The molecule has 0 bridgehead atoms. The fourth-order valence-electron chi connectivity index (χ4n) is 3.28. The van der Waals surface area contributed by atoms with Crippen molar-refractivity contribution in [3.8, 4) is 0 Å². The SMILES string of the molecule is Cc1ccc(CN(C)C(=O)C2CCCC2CN)c(C)c1. The van der Waals surface area contributed by atoms with Gasteiger partial charge in [0.25, 0.3) is 0 Å². The molecule has 0 spiro atoms. The molecule has 110 valence electrons. The molecule has 0 heterocycles. The highest BCUT2D eigenvalue weighted by atomic mass is 16.2. The number of hydrogen-bond acceptors (Lipinski definition) is 2. The molecule has 1 aromatic rings. The molecule has 1 aliphatic rings. The van der Waals surface area contributed by atoms with Crippen LogP contribution in [0.15, 0.2) is 18.2 Å². The van der Waals surface area contributed by atoms with Gasteiger partial charge in [0.05, 0.1) is 0 Å². The van der Waals surface area contributed by atoms with Crippen LogP contribution in [0.5, 0.6) is 0 Å². The molecule has 2 atom stereocenters. The van der Waals surface area contributed by atoms with Crippen molar-refractivity contribution in [1.82, 2.24) is 4.90 Å². The van der Waals surface area contributed by atoms with Gasteiger partial charge in [0.2, 0.25) is 5.91 Å². The van der Waals surface area contributed by atoms with Gasteiger partial charge in [-0.25, -0.2) is 0 Å². The van der Waals surface area contributed by atoms with Gasteiger partial charge in [-0.3, -0.25) is 4.79 Å². The number of benzene rings is 1. The summed E-state index contributed by atoms with van der Waals surface area (Å²) in [5, 5.41) is 0. The van der Waals surface area contributed by atoms with Crippen molar-refractivity contribution in [2.45, 2.75) is 39.7 Å². The zero-order valence-corrected chi connectivity index (χ0v) is 12.9. The Hall–Kier alpha value is -1.35. The number of aryl methyl sites for hydroxylation is 2. The van der Waals surface area contributed by atoms with Gasteiger partial charge in [-0.2, -0.15) is 0 Å². The Morgan fingerprint density at radius 1 is 1.35 bits per heavy atom. The molecule has 2 N–H and O–H groups in total. The van der Waals surface area contributed by atoms with Crippen molar-refractivity contribution in [2.24, 2.45) is 17.6 Å². The second-order valence-corrected chi connectivity index (χ2v) is 6.16. The average Bonchev–Trinajstić information content (AvgIpc) is 2.89. The number of carbonyl (C=O) groups excluding carboxylic acids is 1. The van der Waals surface area contributed by atoms with Crippen LogP contribution in [0.1, 0.15) is 36.0 Å². The lowest BCUT2D eigenvalue weighted by Gasteiger charge is -2.25. The van der Waals surface area contributed by atoms with Crippen LogP contribution < -0.4 is 5.73 Å². The summed E-state index contributed by atoms with van der Waals surface area (Å²) in [4.78, 5) is 14.4. The first-order valence-electron chi connectivity index (χ1n) is 7.54. The van der Waals surface area contributed by atoms with Crippen LogP contribution in [0, 0.1) is 25.7 Å². The minimum absolute atomic E-state index is 0.135. The summed E-state index contributed by atoms with van der Waals surface area (Å²) in [7, 11) is 1.91. The normalized spacial score (nSPS) is 22.0. The van der Waals surface area contributed by atoms with E-state index in [4.69, 9.17) is 5.73 Å². The topological polar surface area (TPSA) is 46.3 Å². The third kappa shape index (κ3) is 3.21. The molecule has 20 heavy (non-hydrogen) atoms. The molecule has 0 aromatic heterocycles. The van der Waals surface area contributed by atoms with Crippen LogP contribution in [0.4, 0.5) is 0 Å². The van der Waals surface area contributed by atoms with Gasteiger partial charge >= 0.3 is 0 Å². The number of rotatable bonds is 4. The van der Waals surface area contributed by atoms with E-state index in [1.807, 2.05) is 11.9 Å². The van der Waals surface area contributed by atoms with Crippen molar-refractivity contribution >= 4 is 5.91 Å². The summed E-state index contributed by atoms with van der Waals surface area (Å²) in [6.07, 6.45) is 3.23. The lowest BCUT2D eigenvalue weighted by molar-refractivity contribution is -0.135. The van der Waals surface area contributed by atoms with Gasteiger partial charge in [-0.15, -0.1) is 0 Å². The monoisotopic (exact) mass is 274 g/mol. The predicted octanol–water partition coefficient (Wildman–Crippen LogP) is 2.64. The van der Waals surface area contributed by atoms with E-state index >= 15 is 0 Å². The lowest BCUT2D eigenvalue weighted by atomic mass is 9.94. The molecule has 1 saturated carbocycles. The van der Waals surface area contributed by atoms with Crippen molar-refractivity contribution in [1.29, 1.82) is 0 Å². The zero-order chi connectivity index (χ0) is 14.7. The Bertz CT molecular complexity index is 484. The molecule has 3 nitrogen and oxygen atoms in total. The van der Waals surface area contributed by atoms with Crippen molar-refractivity contribution in [3.05, 3.63) is 34.9 Å². The zero-order valence-electron chi connectivity index (χ0n) is 12.9. The Morgan fingerprint density at radius 3 is 2.75 bits per heavy atom. The summed E-state index contributed by atoms with van der Waals surface area (Å²) < 4.78 is 0. The summed E-state index contributed by atoms with van der Waals surface area (Å²) in [6, 6.07) is 6.41. The highest BCUT2D eigenvalue weighted by Crippen LogP contribution is 2.32. The maximum absolute atomic E-state index is 12.6. The van der Waals surface area contributed by atoms with Gasteiger partial charge in [-0.05, 0) is 50.3 Å². The first-order valence-corrected chi connectivity index (χ1v) is 7.54. The summed E-state index contributed by atoms with van der Waals surface area (Å²) in [5.74, 6) is 0.776. The molecule has 1 amide bonds. The molecule has 0 radical (unpaired) electrons. The maximum atomic E-state index is 12.6. The molecular formula is C17H26N2O. The third-order valence-electron chi connectivity index (χ3n) is 4.56. The standard InChI is InChI=1S/C17H26N2O/c1-12-7-8-15(13(2)9-12)11-19(3)17(20)16-6-4-5-14(16)10-18/h7-9,14,16H,4-6,10-11,18H2,1-3H3. The second kappa shape index (κ2) is 6.40. The van der Waals surface area contributed by atoms with E-state index < -0.39 is 0 Å². The van der Waals surface area contributed by atoms with Crippen molar-refractivity contribution < 1.29 is 4.79 Å². The van der Waals surface area contributed by atoms with Gasteiger partial charge in [0.1, 0.15) is 0 Å². The van der Waals surface area contributed by atoms with E-state index in [1.165, 1.54) is 16.7 Å². The summed E-state index contributed by atoms with van der Waals surface area (Å²) in [5.41, 5.74) is 9.53. The number of carbonyl (C=O) groups is 1. The van der Waals surface area contributed by atoms with Gasteiger partial charge in [0, 0.05) is 19.5 Å². The fraction of sp³-hybridized carbons (Fsp3) is 0.588. The minimum Gasteiger partial charge on any atom is -0.341 e. The Morgan fingerprint density at radius 2 is 2.10 bits per heavy atom.